The van der Waals surface area contributed by atoms with Crippen molar-refractivity contribution in [1.29, 1.82) is 0 Å². The van der Waals surface area contributed by atoms with Crippen LogP contribution in [0.15, 0.2) is 40.6 Å². The molecule has 3 rings (SSSR count). The molecular weight excluding hydrogens is 350 g/mol. The normalized spacial score (nSPS) is 20.3. The summed E-state index contributed by atoms with van der Waals surface area (Å²) < 4.78 is 28.7. The van der Waals surface area contributed by atoms with Gasteiger partial charge in [-0.1, -0.05) is 54.3 Å². The first kappa shape index (κ1) is 17.0. The van der Waals surface area contributed by atoms with Crippen molar-refractivity contribution >= 4 is 33.0 Å². The van der Waals surface area contributed by atoms with Gasteiger partial charge in [0.1, 0.15) is 4.21 Å². The van der Waals surface area contributed by atoms with Gasteiger partial charge >= 0.3 is 0 Å². The van der Waals surface area contributed by atoms with Crippen LogP contribution in [0.4, 0.5) is 0 Å². The summed E-state index contributed by atoms with van der Waals surface area (Å²) in [6.45, 7) is 2.61. The van der Waals surface area contributed by atoms with E-state index >= 15 is 0 Å². The van der Waals surface area contributed by atoms with E-state index in [-0.39, 0.29) is 6.04 Å². The average molecular weight is 370 g/mol. The summed E-state index contributed by atoms with van der Waals surface area (Å²) in [4.78, 5) is 0. The van der Waals surface area contributed by atoms with Crippen LogP contribution in [0.25, 0.3) is 0 Å². The van der Waals surface area contributed by atoms with Crippen LogP contribution in [-0.4, -0.2) is 19.3 Å². The molecule has 0 unspecified atom stereocenters. The molecule has 0 amide bonds. The largest absolute Gasteiger partial charge is 0.253 e. The highest BCUT2D eigenvalue weighted by Crippen LogP contribution is 2.37. The molecule has 1 aromatic heterocycles. The third-order valence-electron chi connectivity index (χ3n) is 4.28. The highest BCUT2D eigenvalue weighted by atomic mass is 35.5. The Morgan fingerprint density at radius 3 is 2.48 bits per heavy atom. The fraction of sp³-hybridized carbons (Fsp3) is 0.412. The first-order valence-corrected chi connectivity index (χ1v) is 10.5. The van der Waals surface area contributed by atoms with E-state index in [9.17, 15) is 8.42 Å². The number of benzene rings is 1. The molecule has 1 aliphatic heterocycles. The van der Waals surface area contributed by atoms with Crippen molar-refractivity contribution in [2.45, 2.75) is 42.9 Å². The van der Waals surface area contributed by atoms with Crippen molar-refractivity contribution < 1.29 is 8.42 Å². The second kappa shape index (κ2) is 6.93. The van der Waals surface area contributed by atoms with Crippen LogP contribution in [0, 0.1) is 6.92 Å². The standard InChI is InChI=1S/C17H20ClNO2S2/c1-13-6-8-14(9-7-13)15-5-3-2-4-12-19(15)23(20,21)17-11-10-16(18)22-17/h6-11,15H,2-5,12H2,1H3/t15-/m1/s1. The quantitative estimate of drug-likeness (QED) is 0.762. The summed E-state index contributed by atoms with van der Waals surface area (Å²) in [5.41, 5.74) is 2.26. The number of aryl methyl sites for hydroxylation is 1. The maximum absolute atomic E-state index is 13.1. The summed E-state index contributed by atoms with van der Waals surface area (Å²) >= 11 is 7.07. The molecule has 1 saturated heterocycles. The molecule has 1 atom stereocenters. The zero-order chi connectivity index (χ0) is 16.4. The second-order valence-electron chi connectivity index (χ2n) is 5.95. The molecule has 1 aliphatic rings. The smallest absolute Gasteiger partial charge is 0.206 e. The monoisotopic (exact) mass is 369 g/mol. The van der Waals surface area contributed by atoms with Crippen molar-refractivity contribution in [1.82, 2.24) is 4.31 Å². The number of rotatable bonds is 3. The molecule has 2 aromatic rings. The Morgan fingerprint density at radius 1 is 1.09 bits per heavy atom. The molecule has 0 aliphatic carbocycles. The highest BCUT2D eigenvalue weighted by molar-refractivity contribution is 7.91. The molecule has 0 radical (unpaired) electrons. The fourth-order valence-electron chi connectivity index (χ4n) is 3.04. The van der Waals surface area contributed by atoms with E-state index in [2.05, 4.69) is 12.1 Å². The zero-order valence-corrected chi connectivity index (χ0v) is 15.4. The molecule has 124 valence electrons. The number of sulfonamides is 1. The number of hydrogen-bond acceptors (Lipinski definition) is 3. The predicted molar refractivity (Wildman–Crippen MR) is 95.6 cm³/mol. The molecule has 23 heavy (non-hydrogen) atoms. The van der Waals surface area contributed by atoms with Gasteiger partial charge in [-0.3, -0.25) is 0 Å². The first-order chi connectivity index (χ1) is 11.0. The van der Waals surface area contributed by atoms with E-state index in [1.807, 2.05) is 19.1 Å². The molecule has 0 saturated carbocycles. The lowest BCUT2D eigenvalue weighted by molar-refractivity contribution is 0.329. The van der Waals surface area contributed by atoms with Gasteiger partial charge in [-0.15, -0.1) is 11.3 Å². The Balaban J connectivity index is 2.00. The minimum atomic E-state index is -3.50. The maximum atomic E-state index is 13.1. The average Bonchev–Trinajstić information content (AvgIpc) is 2.82. The third kappa shape index (κ3) is 3.63. The van der Waals surface area contributed by atoms with Gasteiger partial charge in [-0.05, 0) is 37.5 Å². The Kier molecular flexibility index (Phi) is 5.11. The Bertz CT molecular complexity index is 768. The van der Waals surface area contributed by atoms with Gasteiger partial charge in [0.05, 0.1) is 10.4 Å². The van der Waals surface area contributed by atoms with E-state index in [0.29, 0.717) is 15.1 Å². The van der Waals surface area contributed by atoms with Gasteiger partial charge in [0.25, 0.3) is 10.0 Å². The van der Waals surface area contributed by atoms with Crippen LogP contribution in [-0.2, 0) is 10.0 Å². The number of halogens is 1. The number of thiophene rings is 1. The number of nitrogens with zero attached hydrogens (tertiary/aromatic N) is 1. The Morgan fingerprint density at radius 2 is 1.83 bits per heavy atom. The first-order valence-electron chi connectivity index (χ1n) is 7.82. The number of hydrogen-bond donors (Lipinski definition) is 0. The van der Waals surface area contributed by atoms with Crippen LogP contribution >= 0.6 is 22.9 Å². The van der Waals surface area contributed by atoms with E-state index in [4.69, 9.17) is 11.6 Å². The van der Waals surface area contributed by atoms with E-state index in [1.54, 1.807) is 16.4 Å². The van der Waals surface area contributed by atoms with Gasteiger partial charge in [0, 0.05) is 6.54 Å². The lowest BCUT2D eigenvalue weighted by Gasteiger charge is -2.29. The van der Waals surface area contributed by atoms with Crippen molar-refractivity contribution in [3.05, 3.63) is 51.9 Å². The molecular formula is C17H20ClNO2S2. The van der Waals surface area contributed by atoms with E-state index in [0.717, 1.165) is 42.6 Å². The molecule has 1 aromatic carbocycles. The Labute approximate surface area is 147 Å². The maximum Gasteiger partial charge on any atom is 0.253 e. The molecule has 6 heteroatoms. The molecule has 0 N–H and O–H groups in total. The van der Waals surface area contributed by atoms with Gasteiger partial charge in [-0.2, -0.15) is 4.31 Å². The van der Waals surface area contributed by atoms with E-state index < -0.39 is 10.0 Å². The third-order valence-corrected chi connectivity index (χ3v) is 7.88. The summed E-state index contributed by atoms with van der Waals surface area (Å²) in [7, 11) is -3.50. The van der Waals surface area contributed by atoms with Gasteiger partial charge in [0.2, 0.25) is 0 Å². The molecule has 0 bridgehead atoms. The van der Waals surface area contributed by atoms with E-state index in [1.165, 1.54) is 5.56 Å². The molecule has 0 spiro atoms. The lowest BCUT2D eigenvalue weighted by Crippen LogP contribution is -2.34. The summed E-state index contributed by atoms with van der Waals surface area (Å²) in [5, 5.41) is 0. The van der Waals surface area contributed by atoms with Crippen molar-refractivity contribution in [3.63, 3.8) is 0 Å². The van der Waals surface area contributed by atoms with Crippen molar-refractivity contribution in [2.75, 3.05) is 6.54 Å². The van der Waals surface area contributed by atoms with Gasteiger partial charge in [0.15, 0.2) is 0 Å². The molecule has 3 nitrogen and oxygen atoms in total. The minimum absolute atomic E-state index is 0.0935. The zero-order valence-electron chi connectivity index (χ0n) is 13.0. The van der Waals surface area contributed by atoms with Crippen LogP contribution in [0.1, 0.15) is 42.9 Å². The summed E-state index contributed by atoms with van der Waals surface area (Å²) in [6, 6.07) is 11.4. The van der Waals surface area contributed by atoms with Crippen LogP contribution in [0.2, 0.25) is 4.34 Å². The minimum Gasteiger partial charge on any atom is -0.206 e. The Hall–Kier alpha value is -0.880. The summed E-state index contributed by atoms with van der Waals surface area (Å²) in [5.74, 6) is 0. The van der Waals surface area contributed by atoms with Crippen LogP contribution in [0.3, 0.4) is 0 Å². The summed E-state index contributed by atoms with van der Waals surface area (Å²) in [6.07, 6.45) is 3.89. The predicted octanol–water partition coefficient (Wildman–Crippen LogP) is 5.02. The molecule has 1 fully saturated rings. The SMILES string of the molecule is Cc1ccc([C@H]2CCCCCN2S(=O)(=O)c2ccc(Cl)s2)cc1. The van der Waals surface area contributed by atoms with Crippen molar-refractivity contribution in [2.24, 2.45) is 0 Å². The molecule has 2 heterocycles. The van der Waals surface area contributed by atoms with Gasteiger partial charge < -0.3 is 0 Å². The topological polar surface area (TPSA) is 37.4 Å². The highest BCUT2D eigenvalue weighted by Gasteiger charge is 2.34. The van der Waals surface area contributed by atoms with Crippen molar-refractivity contribution in [3.8, 4) is 0 Å². The second-order valence-corrected chi connectivity index (χ2v) is 9.78. The van der Waals surface area contributed by atoms with Gasteiger partial charge in [-0.25, -0.2) is 8.42 Å². The lowest BCUT2D eigenvalue weighted by atomic mass is 10.0. The van der Waals surface area contributed by atoms with Crippen LogP contribution < -0.4 is 0 Å². The fourth-order valence-corrected chi connectivity index (χ4v) is 6.34. The van der Waals surface area contributed by atoms with Crippen LogP contribution in [0.5, 0.6) is 0 Å².